The number of nitrogens with one attached hydrogen (secondary N) is 1. The molecule has 1 aromatic heterocycles. The average Bonchev–Trinajstić information content (AvgIpc) is 3.05. The van der Waals surface area contributed by atoms with E-state index in [1.54, 1.807) is 0 Å². The third-order valence-corrected chi connectivity index (χ3v) is 4.97. The van der Waals surface area contributed by atoms with Crippen LogP contribution in [0.5, 0.6) is 0 Å². The molecule has 0 saturated carbocycles. The second kappa shape index (κ2) is 5.43. The lowest BCUT2D eigenvalue weighted by molar-refractivity contribution is 0.295. The van der Waals surface area contributed by atoms with Crippen molar-refractivity contribution in [1.82, 2.24) is 20.0 Å². The Labute approximate surface area is 120 Å². The van der Waals surface area contributed by atoms with Crippen molar-refractivity contribution in [3.63, 3.8) is 0 Å². The lowest BCUT2D eigenvalue weighted by Crippen LogP contribution is -2.26. The Morgan fingerprint density at radius 2 is 1.95 bits per heavy atom. The highest BCUT2D eigenvalue weighted by Crippen LogP contribution is 2.29. The van der Waals surface area contributed by atoms with Crippen LogP contribution in [0.4, 0.5) is 0 Å². The van der Waals surface area contributed by atoms with E-state index in [4.69, 9.17) is 11.6 Å². The van der Waals surface area contributed by atoms with Gasteiger partial charge in [-0.15, -0.1) is 0 Å². The normalized spacial score (nSPS) is 27.1. The Morgan fingerprint density at radius 3 is 2.53 bits per heavy atom. The molecule has 0 spiro atoms. The lowest BCUT2D eigenvalue weighted by Gasteiger charge is -2.17. The minimum absolute atomic E-state index is 0.836. The maximum Gasteiger partial charge on any atom is 0.0863 e. The number of hydrogen-bond acceptors (Lipinski definition) is 3. The van der Waals surface area contributed by atoms with Gasteiger partial charge in [-0.3, -0.25) is 9.58 Å². The Kier molecular flexibility index (Phi) is 3.83. The molecule has 0 radical (unpaired) electrons. The molecule has 0 bridgehead atoms. The van der Waals surface area contributed by atoms with Crippen molar-refractivity contribution in [2.75, 3.05) is 26.2 Å². The van der Waals surface area contributed by atoms with Crippen LogP contribution >= 0.6 is 11.6 Å². The van der Waals surface area contributed by atoms with Gasteiger partial charge in [0, 0.05) is 26.2 Å². The van der Waals surface area contributed by atoms with Crippen molar-refractivity contribution in [3.8, 4) is 0 Å². The van der Waals surface area contributed by atoms with Crippen LogP contribution < -0.4 is 5.32 Å². The van der Waals surface area contributed by atoms with E-state index in [-0.39, 0.29) is 0 Å². The molecule has 2 aliphatic rings. The molecule has 1 N–H and O–H groups in total. The molecular weight excluding hydrogens is 260 g/mol. The largest absolute Gasteiger partial charge is 0.316 e. The van der Waals surface area contributed by atoms with Crippen LogP contribution in [0, 0.1) is 11.8 Å². The molecular formula is C14H23ClN4. The third-order valence-electron chi connectivity index (χ3n) is 4.53. The van der Waals surface area contributed by atoms with Crippen LogP contribution in [-0.4, -0.2) is 40.9 Å². The summed E-state index contributed by atoms with van der Waals surface area (Å²) in [5.41, 5.74) is 2.24. The zero-order chi connectivity index (χ0) is 13.4. The van der Waals surface area contributed by atoms with E-state index in [9.17, 15) is 0 Å². The summed E-state index contributed by atoms with van der Waals surface area (Å²) in [6.45, 7) is 10.9. The van der Waals surface area contributed by atoms with Crippen molar-refractivity contribution in [1.29, 1.82) is 0 Å². The third kappa shape index (κ3) is 2.41. The van der Waals surface area contributed by atoms with Crippen molar-refractivity contribution < 1.29 is 0 Å². The predicted molar refractivity (Wildman–Crippen MR) is 77.4 cm³/mol. The fraction of sp³-hybridized carbons (Fsp3) is 0.786. The number of aryl methyl sites for hydroxylation is 2. The van der Waals surface area contributed by atoms with E-state index in [0.29, 0.717) is 0 Å². The number of halogens is 1. The number of hydrogen-bond donors (Lipinski definition) is 1. The molecule has 2 fully saturated rings. The topological polar surface area (TPSA) is 33.1 Å². The van der Waals surface area contributed by atoms with Crippen molar-refractivity contribution in [2.24, 2.45) is 11.8 Å². The van der Waals surface area contributed by atoms with Gasteiger partial charge in [-0.25, -0.2) is 0 Å². The van der Waals surface area contributed by atoms with E-state index >= 15 is 0 Å². The second-order valence-electron chi connectivity index (χ2n) is 5.75. The number of aromatic nitrogens is 2. The zero-order valence-electron chi connectivity index (χ0n) is 11.8. The Bertz CT molecular complexity index is 445. The van der Waals surface area contributed by atoms with Crippen molar-refractivity contribution >= 4 is 11.6 Å². The van der Waals surface area contributed by atoms with Gasteiger partial charge < -0.3 is 5.32 Å². The summed E-state index contributed by atoms with van der Waals surface area (Å²) in [4.78, 5) is 2.55. The van der Waals surface area contributed by atoms with Crippen molar-refractivity contribution in [3.05, 3.63) is 16.4 Å². The second-order valence-corrected chi connectivity index (χ2v) is 6.13. The highest BCUT2D eigenvalue weighted by molar-refractivity contribution is 6.31. The molecule has 19 heavy (non-hydrogen) atoms. The summed E-state index contributed by atoms with van der Waals surface area (Å²) in [5, 5.41) is 8.98. The fourth-order valence-electron chi connectivity index (χ4n) is 3.46. The molecule has 2 atom stereocenters. The van der Waals surface area contributed by atoms with Crippen LogP contribution in [0.1, 0.15) is 25.2 Å². The summed E-state index contributed by atoms with van der Waals surface area (Å²) in [5.74, 6) is 1.67. The first kappa shape index (κ1) is 13.4. The van der Waals surface area contributed by atoms with Crippen LogP contribution in [-0.2, 0) is 19.5 Å². The molecule has 0 aromatic carbocycles. The summed E-state index contributed by atoms with van der Waals surface area (Å²) >= 11 is 6.49. The van der Waals surface area contributed by atoms with Gasteiger partial charge in [0.25, 0.3) is 0 Å². The van der Waals surface area contributed by atoms with E-state index in [1.165, 1.54) is 31.9 Å². The monoisotopic (exact) mass is 282 g/mol. The molecule has 5 heteroatoms. The smallest absolute Gasteiger partial charge is 0.0863 e. The maximum absolute atomic E-state index is 6.49. The van der Waals surface area contributed by atoms with Gasteiger partial charge in [-0.2, -0.15) is 5.10 Å². The molecule has 0 unspecified atom stereocenters. The summed E-state index contributed by atoms with van der Waals surface area (Å²) in [7, 11) is 0. The Hall–Kier alpha value is -0.580. The first-order valence-corrected chi connectivity index (χ1v) is 7.77. The van der Waals surface area contributed by atoms with Crippen LogP contribution in [0.25, 0.3) is 0 Å². The van der Waals surface area contributed by atoms with Gasteiger partial charge in [0.2, 0.25) is 0 Å². The summed E-state index contributed by atoms with van der Waals surface area (Å²) in [6.07, 6.45) is 0.911. The van der Waals surface area contributed by atoms with Crippen LogP contribution in [0.15, 0.2) is 0 Å². The van der Waals surface area contributed by atoms with E-state index < -0.39 is 0 Å². The standard InChI is InChI=1S/C14H23ClN4/c1-3-12-14(15)13(19(4-2)17-12)9-18-7-10-5-16-6-11(10)8-18/h10-11,16H,3-9H2,1-2H3/t10-,11+. The van der Waals surface area contributed by atoms with Gasteiger partial charge in [-0.1, -0.05) is 18.5 Å². The number of likely N-dealkylation sites (tertiary alicyclic amines) is 1. The molecule has 0 amide bonds. The van der Waals surface area contributed by atoms with Crippen LogP contribution in [0.2, 0.25) is 5.02 Å². The molecule has 2 saturated heterocycles. The number of fused-ring (bicyclic) bond motifs is 1. The SMILES string of the molecule is CCc1nn(CC)c(CN2C[C@H]3CNC[C@H]3C2)c1Cl. The molecule has 2 aliphatic heterocycles. The Morgan fingerprint density at radius 1 is 1.26 bits per heavy atom. The van der Waals surface area contributed by atoms with Gasteiger partial charge in [0.15, 0.2) is 0 Å². The van der Waals surface area contributed by atoms with Gasteiger partial charge >= 0.3 is 0 Å². The number of nitrogens with zero attached hydrogens (tertiary/aromatic N) is 3. The quantitative estimate of drug-likeness (QED) is 0.914. The zero-order valence-corrected chi connectivity index (χ0v) is 12.6. The highest BCUT2D eigenvalue weighted by Gasteiger charge is 2.36. The minimum Gasteiger partial charge on any atom is -0.316 e. The number of rotatable bonds is 4. The van der Waals surface area contributed by atoms with Gasteiger partial charge in [0.05, 0.1) is 16.4 Å². The summed E-state index contributed by atoms with van der Waals surface area (Å²) in [6, 6.07) is 0. The fourth-order valence-corrected chi connectivity index (χ4v) is 3.79. The molecule has 0 aliphatic carbocycles. The maximum atomic E-state index is 6.49. The molecule has 3 rings (SSSR count). The molecule has 3 heterocycles. The van der Waals surface area contributed by atoms with E-state index in [0.717, 1.165) is 42.1 Å². The summed E-state index contributed by atoms with van der Waals surface area (Å²) < 4.78 is 2.08. The van der Waals surface area contributed by atoms with E-state index in [1.807, 2.05) is 0 Å². The predicted octanol–water partition coefficient (Wildman–Crippen LogP) is 1.77. The average molecular weight is 283 g/mol. The van der Waals surface area contributed by atoms with Crippen molar-refractivity contribution in [2.45, 2.75) is 33.4 Å². The van der Waals surface area contributed by atoms with Gasteiger partial charge in [-0.05, 0) is 38.3 Å². The first-order valence-electron chi connectivity index (χ1n) is 7.40. The molecule has 106 valence electrons. The Balaban J connectivity index is 1.74. The molecule has 1 aromatic rings. The minimum atomic E-state index is 0.836. The highest BCUT2D eigenvalue weighted by atomic mass is 35.5. The molecule has 4 nitrogen and oxygen atoms in total. The lowest BCUT2D eigenvalue weighted by atomic mass is 10.0. The van der Waals surface area contributed by atoms with E-state index in [2.05, 4.69) is 33.8 Å². The first-order chi connectivity index (χ1) is 9.22. The van der Waals surface area contributed by atoms with Gasteiger partial charge in [0.1, 0.15) is 0 Å². The van der Waals surface area contributed by atoms with Crippen LogP contribution in [0.3, 0.4) is 0 Å².